The summed E-state index contributed by atoms with van der Waals surface area (Å²) in [6.45, 7) is 5.77. The summed E-state index contributed by atoms with van der Waals surface area (Å²) in [6.07, 6.45) is 3.15. The Kier molecular flexibility index (Phi) is 4.94. The fraction of sp³-hybridized carbons (Fsp3) is 0.250. The molecule has 116 valence electrons. The fourth-order valence-electron chi connectivity index (χ4n) is 1.79. The number of hydrogen-bond acceptors (Lipinski definition) is 3. The Morgan fingerprint density at radius 3 is 2.50 bits per heavy atom. The number of anilines is 2. The molecule has 0 saturated carbocycles. The lowest BCUT2D eigenvalue weighted by Crippen LogP contribution is -2.40. The molecule has 0 aliphatic heterocycles. The van der Waals surface area contributed by atoms with Gasteiger partial charge in [0.1, 0.15) is 0 Å². The summed E-state index contributed by atoms with van der Waals surface area (Å²) in [5.41, 5.74) is 1.54. The van der Waals surface area contributed by atoms with Gasteiger partial charge in [-0.2, -0.15) is 0 Å². The van der Waals surface area contributed by atoms with Gasteiger partial charge >= 0.3 is 0 Å². The molecule has 0 bridgehead atoms. The minimum absolute atomic E-state index is 0.175. The van der Waals surface area contributed by atoms with Gasteiger partial charge in [0.2, 0.25) is 0 Å². The lowest BCUT2D eigenvalue weighted by atomic mass is 10.1. The van der Waals surface area contributed by atoms with E-state index in [1.54, 1.807) is 30.5 Å². The van der Waals surface area contributed by atoms with Crippen LogP contribution < -0.4 is 10.6 Å². The largest absolute Gasteiger partial charge is 0.353 e. The van der Waals surface area contributed by atoms with Gasteiger partial charge in [0.25, 0.3) is 5.91 Å². The highest BCUT2D eigenvalue weighted by Gasteiger charge is 2.16. The summed E-state index contributed by atoms with van der Waals surface area (Å²) in [7, 11) is 0. The zero-order chi connectivity index (χ0) is 16.3. The van der Waals surface area contributed by atoms with E-state index in [1.807, 2.05) is 20.8 Å². The van der Waals surface area contributed by atoms with Gasteiger partial charge in [0.15, 0.2) is 0 Å². The first kappa shape index (κ1) is 16.6. The van der Waals surface area contributed by atoms with Gasteiger partial charge in [-0.05, 0) is 45.0 Å². The number of pyridine rings is 1. The third-order valence-electron chi connectivity index (χ3n) is 2.70. The number of amides is 1. The van der Waals surface area contributed by atoms with E-state index < -0.39 is 0 Å². The standard InChI is InChI=1S/C16H17Cl2N3O/c1-16(2,3)21-15(22)10-6-12(9-19-8-10)20-14-5-4-11(17)7-13(14)18/h4-9,20H,1-3H3,(H,21,22). The SMILES string of the molecule is CC(C)(C)NC(=O)c1cncc(Nc2ccc(Cl)cc2Cl)c1. The Morgan fingerprint density at radius 2 is 1.86 bits per heavy atom. The summed E-state index contributed by atoms with van der Waals surface area (Å²) in [4.78, 5) is 16.2. The molecule has 2 N–H and O–H groups in total. The van der Waals surface area contributed by atoms with E-state index in [0.29, 0.717) is 27.0 Å². The zero-order valence-electron chi connectivity index (χ0n) is 12.6. The molecule has 0 atom stereocenters. The average molecular weight is 338 g/mol. The molecule has 0 aliphatic rings. The molecule has 22 heavy (non-hydrogen) atoms. The normalized spacial score (nSPS) is 11.1. The first-order valence-corrected chi connectivity index (χ1v) is 7.50. The number of hydrogen-bond donors (Lipinski definition) is 2. The summed E-state index contributed by atoms with van der Waals surface area (Å²) in [5, 5.41) is 7.08. The van der Waals surface area contributed by atoms with Gasteiger partial charge in [-0.25, -0.2) is 0 Å². The summed E-state index contributed by atoms with van der Waals surface area (Å²) in [5.74, 6) is -0.175. The second-order valence-electron chi connectivity index (χ2n) is 5.92. The van der Waals surface area contributed by atoms with Gasteiger partial charge in [-0.3, -0.25) is 9.78 Å². The van der Waals surface area contributed by atoms with Crippen molar-refractivity contribution in [2.45, 2.75) is 26.3 Å². The molecule has 1 amide bonds. The average Bonchev–Trinajstić information content (AvgIpc) is 2.40. The Labute approximate surface area is 139 Å². The number of carbonyl (C=O) groups excluding carboxylic acids is 1. The zero-order valence-corrected chi connectivity index (χ0v) is 14.1. The maximum atomic E-state index is 12.2. The van der Waals surface area contributed by atoms with Crippen LogP contribution in [0.3, 0.4) is 0 Å². The second kappa shape index (κ2) is 6.55. The molecule has 0 radical (unpaired) electrons. The Morgan fingerprint density at radius 1 is 1.14 bits per heavy atom. The van der Waals surface area contributed by atoms with E-state index in [0.717, 1.165) is 0 Å². The molecule has 2 rings (SSSR count). The number of halogens is 2. The minimum Gasteiger partial charge on any atom is -0.353 e. The molecule has 0 spiro atoms. The molecule has 0 unspecified atom stereocenters. The number of carbonyl (C=O) groups is 1. The minimum atomic E-state index is -0.306. The molecule has 1 aromatic carbocycles. The van der Waals surface area contributed by atoms with Crippen molar-refractivity contribution in [1.82, 2.24) is 10.3 Å². The van der Waals surface area contributed by atoms with Crippen molar-refractivity contribution in [3.05, 3.63) is 52.3 Å². The Balaban J connectivity index is 2.20. The first-order chi connectivity index (χ1) is 10.2. The molecule has 0 saturated heterocycles. The van der Waals surface area contributed by atoms with Crippen molar-refractivity contribution in [3.8, 4) is 0 Å². The monoisotopic (exact) mass is 337 g/mol. The molecular formula is C16H17Cl2N3O. The van der Waals surface area contributed by atoms with Crippen LogP contribution in [0.2, 0.25) is 10.0 Å². The van der Waals surface area contributed by atoms with Crippen LogP contribution in [0.25, 0.3) is 0 Å². The number of rotatable bonds is 3. The van der Waals surface area contributed by atoms with E-state index >= 15 is 0 Å². The number of aromatic nitrogens is 1. The van der Waals surface area contributed by atoms with E-state index in [1.165, 1.54) is 6.20 Å². The summed E-state index contributed by atoms with van der Waals surface area (Å²) < 4.78 is 0. The predicted molar refractivity (Wildman–Crippen MR) is 91.2 cm³/mol. The molecule has 0 fully saturated rings. The third-order valence-corrected chi connectivity index (χ3v) is 3.25. The molecule has 0 aliphatic carbocycles. The van der Waals surface area contributed by atoms with Crippen LogP contribution >= 0.6 is 23.2 Å². The lowest BCUT2D eigenvalue weighted by Gasteiger charge is -2.20. The van der Waals surface area contributed by atoms with Crippen molar-refractivity contribution in [2.24, 2.45) is 0 Å². The highest BCUT2D eigenvalue weighted by Crippen LogP contribution is 2.28. The highest BCUT2D eigenvalue weighted by molar-refractivity contribution is 6.36. The van der Waals surface area contributed by atoms with E-state index in [9.17, 15) is 4.79 Å². The van der Waals surface area contributed by atoms with Gasteiger partial charge in [-0.1, -0.05) is 23.2 Å². The van der Waals surface area contributed by atoms with Crippen molar-refractivity contribution in [1.29, 1.82) is 0 Å². The van der Waals surface area contributed by atoms with E-state index in [-0.39, 0.29) is 11.4 Å². The van der Waals surface area contributed by atoms with Crippen LogP contribution in [0, 0.1) is 0 Å². The predicted octanol–water partition coefficient (Wildman–Crippen LogP) is 4.66. The number of benzene rings is 1. The van der Waals surface area contributed by atoms with E-state index in [2.05, 4.69) is 15.6 Å². The topological polar surface area (TPSA) is 54.0 Å². The molecule has 4 nitrogen and oxygen atoms in total. The first-order valence-electron chi connectivity index (χ1n) is 6.74. The molecular weight excluding hydrogens is 321 g/mol. The van der Waals surface area contributed by atoms with Crippen LogP contribution in [-0.4, -0.2) is 16.4 Å². The van der Waals surface area contributed by atoms with Crippen LogP contribution in [0.15, 0.2) is 36.7 Å². The smallest absolute Gasteiger partial charge is 0.253 e. The maximum Gasteiger partial charge on any atom is 0.253 e. The number of nitrogens with zero attached hydrogens (tertiary/aromatic N) is 1. The molecule has 1 aromatic heterocycles. The quantitative estimate of drug-likeness (QED) is 0.856. The maximum absolute atomic E-state index is 12.2. The van der Waals surface area contributed by atoms with Crippen LogP contribution in [0.5, 0.6) is 0 Å². The van der Waals surface area contributed by atoms with Crippen molar-refractivity contribution < 1.29 is 4.79 Å². The fourth-order valence-corrected chi connectivity index (χ4v) is 2.25. The Bertz CT molecular complexity index is 696. The second-order valence-corrected chi connectivity index (χ2v) is 6.76. The lowest BCUT2D eigenvalue weighted by molar-refractivity contribution is 0.0919. The van der Waals surface area contributed by atoms with Crippen molar-refractivity contribution in [2.75, 3.05) is 5.32 Å². The van der Waals surface area contributed by atoms with Crippen LogP contribution in [-0.2, 0) is 0 Å². The summed E-state index contributed by atoms with van der Waals surface area (Å²) >= 11 is 12.0. The van der Waals surface area contributed by atoms with Gasteiger partial charge in [-0.15, -0.1) is 0 Å². The molecule has 1 heterocycles. The Hall–Kier alpha value is -1.78. The van der Waals surface area contributed by atoms with Crippen LogP contribution in [0.4, 0.5) is 11.4 Å². The van der Waals surface area contributed by atoms with Gasteiger partial charge < -0.3 is 10.6 Å². The van der Waals surface area contributed by atoms with Gasteiger partial charge in [0, 0.05) is 16.8 Å². The molecule has 6 heteroatoms. The van der Waals surface area contributed by atoms with Crippen molar-refractivity contribution >= 4 is 40.5 Å². The third kappa shape index (κ3) is 4.61. The van der Waals surface area contributed by atoms with Crippen molar-refractivity contribution in [3.63, 3.8) is 0 Å². The van der Waals surface area contributed by atoms with E-state index in [4.69, 9.17) is 23.2 Å². The van der Waals surface area contributed by atoms with Crippen LogP contribution in [0.1, 0.15) is 31.1 Å². The highest BCUT2D eigenvalue weighted by atomic mass is 35.5. The summed E-state index contributed by atoms with van der Waals surface area (Å²) in [6, 6.07) is 6.87. The number of nitrogens with one attached hydrogen (secondary N) is 2. The molecule has 2 aromatic rings. The van der Waals surface area contributed by atoms with Gasteiger partial charge in [0.05, 0.1) is 28.2 Å².